The summed E-state index contributed by atoms with van der Waals surface area (Å²) in [6, 6.07) is 5.36. The molecular formula is C18H21NO4. The van der Waals surface area contributed by atoms with E-state index in [1.165, 1.54) is 6.42 Å². The number of hydrogen-bond donors (Lipinski definition) is 0. The largest absolute Gasteiger partial charge is 0.458 e. The maximum atomic E-state index is 12.6. The number of benzene rings is 1. The van der Waals surface area contributed by atoms with Gasteiger partial charge in [-0.15, -0.1) is 0 Å². The Morgan fingerprint density at radius 3 is 2.91 bits per heavy atom. The van der Waals surface area contributed by atoms with Crippen molar-refractivity contribution in [2.45, 2.75) is 51.7 Å². The molecule has 2 aliphatic carbocycles. The second-order valence-electron chi connectivity index (χ2n) is 6.55. The first-order chi connectivity index (χ1) is 11.1. The van der Waals surface area contributed by atoms with Crippen LogP contribution in [0, 0.1) is 12.3 Å². The topological polar surface area (TPSA) is 61.6 Å². The summed E-state index contributed by atoms with van der Waals surface area (Å²) in [7, 11) is 0. The van der Waals surface area contributed by atoms with Crippen molar-refractivity contribution in [2.75, 3.05) is 6.61 Å². The summed E-state index contributed by atoms with van der Waals surface area (Å²) in [4.78, 5) is 16.9. The third-order valence-corrected chi connectivity index (χ3v) is 5.36. The number of nitrogens with zero attached hydrogens (tertiary/aromatic N) is 1. The van der Waals surface area contributed by atoms with Crippen LogP contribution in [0.25, 0.3) is 11.1 Å². The molecule has 5 heteroatoms. The molecular weight excluding hydrogens is 294 g/mol. The van der Waals surface area contributed by atoms with Crippen LogP contribution in [0.3, 0.4) is 0 Å². The van der Waals surface area contributed by atoms with E-state index in [0.717, 1.165) is 19.3 Å². The van der Waals surface area contributed by atoms with E-state index in [2.05, 4.69) is 4.98 Å². The minimum absolute atomic E-state index is 0.0384. The molecule has 122 valence electrons. The van der Waals surface area contributed by atoms with Gasteiger partial charge in [-0.2, -0.15) is 0 Å². The minimum Gasteiger partial charge on any atom is -0.458 e. The second kappa shape index (κ2) is 5.34. The van der Waals surface area contributed by atoms with Gasteiger partial charge in [0.2, 0.25) is 0 Å². The van der Waals surface area contributed by atoms with Crippen LogP contribution in [0.1, 0.15) is 48.9 Å². The van der Waals surface area contributed by atoms with Crippen LogP contribution in [-0.2, 0) is 9.47 Å². The van der Waals surface area contributed by atoms with Crippen molar-refractivity contribution < 1.29 is 18.7 Å². The van der Waals surface area contributed by atoms with E-state index in [4.69, 9.17) is 13.9 Å². The number of fused-ring (bicyclic) bond motifs is 1. The number of carbonyl (C=O) groups excluding carboxylic acids is 1. The van der Waals surface area contributed by atoms with E-state index in [1.54, 1.807) is 19.1 Å². The van der Waals surface area contributed by atoms with Crippen molar-refractivity contribution in [3.8, 4) is 0 Å². The molecule has 2 aliphatic rings. The van der Waals surface area contributed by atoms with Gasteiger partial charge >= 0.3 is 5.97 Å². The third kappa shape index (κ3) is 2.17. The molecule has 1 spiro atoms. The molecule has 2 fully saturated rings. The molecule has 2 unspecified atom stereocenters. The molecule has 0 amide bonds. The van der Waals surface area contributed by atoms with Crippen molar-refractivity contribution in [1.29, 1.82) is 0 Å². The zero-order valence-corrected chi connectivity index (χ0v) is 13.5. The van der Waals surface area contributed by atoms with Gasteiger partial charge in [-0.3, -0.25) is 0 Å². The van der Waals surface area contributed by atoms with Crippen LogP contribution in [0.4, 0.5) is 0 Å². The van der Waals surface area contributed by atoms with Gasteiger partial charge in [0.1, 0.15) is 11.6 Å². The Balaban J connectivity index is 1.54. The molecule has 0 radical (unpaired) electrons. The lowest BCUT2D eigenvalue weighted by Crippen LogP contribution is -2.63. The fourth-order valence-corrected chi connectivity index (χ4v) is 3.96. The van der Waals surface area contributed by atoms with Gasteiger partial charge in [0.25, 0.3) is 0 Å². The normalized spacial score (nSPS) is 25.1. The van der Waals surface area contributed by atoms with E-state index in [1.807, 2.05) is 13.0 Å². The molecule has 2 atom stereocenters. The smallest absolute Gasteiger partial charge is 0.340 e. The highest BCUT2D eigenvalue weighted by molar-refractivity contribution is 6.01. The highest BCUT2D eigenvalue weighted by Gasteiger charge is 2.61. The number of ether oxygens (including phenoxy) is 2. The van der Waals surface area contributed by atoms with Gasteiger partial charge in [-0.1, -0.05) is 12.5 Å². The summed E-state index contributed by atoms with van der Waals surface area (Å²) < 4.78 is 17.1. The first-order valence-corrected chi connectivity index (χ1v) is 8.33. The number of aryl methyl sites for hydroxylation is 1. The molecule has 2 aromatic rings. The van der Waals surface area contributed by atoms with E-state index < -0.39 is 0 Å². The predicted octanol–water partition coefficient (Wildman–Crippen LogP) is 3.64. The van der Waals surface area contributed by atoms with Crippen molar-refractivity contribution in [1.82, 2.24) is 4.98 Å². The van der Waals surface area contributed by atoms with Crippen LogP contribution in [0.5, 0.6) is 0 Å². The average Bonchev–Trinajstić information content (AvgIpc) is 2.84. The number of para-hydroxylation sites is 1. The van der Waals surface area contributed by atoms with Crippen molar-refractivity contribution >= 4 is 17.1 Å². The Hall–Kier alpha value is -1.88. The molecule has 0 N–H and O–H groups in total. The number of aromatic nitrogens is 1. The minimum atomic E-state index is -0.310. The summed E-state index contributed by atoms with van der Waals surface area (Å²) in [5.41, 5.74) is 1.74. The van der Waals surface area contributed by atoms with Gasteiger partial charge < -0.3 is 13.9 Å². The molecule has 23 heavy (non-hydrogen) atoms. The van der Waals surface area contributed by atoms with E-state index >= 15 is 0 Å². The van der Waals surface area contributed by atoms with Crippen LogP contribution in [0.15, 0.2) is 22.6 Å². The van der Waals surface area contributed by atoms with Crippen LogP contribution in [-0.4, -0.2) is 29.8 Å². The molecule has 0 saturated heterocycles. The highest BCUT2D eigenvalue weighted by atomic mass is 16.6. The highest BCUT2D eigenvalue weighted by Crippen LogP contribution is 2.58. The summed E-state index contributed by atoms with van der Waals surface area (Å²) in [5.74, 6) is 0.242. The number of rotatable bonds is 4. The zero-order valence-electron chi connectivity index (χ0n) is 13.5. The predicted molar refractivity (Wildman–Crippen MR) is 84.3 cm³/mol. The monoisotopic (exact) mass is 315 g/mol. The summed E-state index contributed by atoms with van der Waals surface area (Å²) in [6.45, 7) is 4.50. The quantitative estimate of drug-likeness (QED) is 0.806. The Bertz CT molecular complexity index is 747. The SMILES string of the molecule is CCOC1CC(OC(=O)c2cccc3oc(C)nc23)C12CCC2. The number of carbonyl (C=O) groups is 1. The van der Waals surface area contributed by atoms with Gasteiger partial charge in [0.15, 0.2) is 11.5 Å². The fourth-order valence-electron chi connectivity index (χ4n) is 3.96. The fraction of sp³-hybridized carbons (Fsp3) is 0.556. The van der Waals surface area contributed by atoms with Crippen LogP contribution in [0.2, 0.25) is 0 Å². The van der Waals surface area contributed by atoms with E-state index in [-0.39, 0.29) is 23.6 Å². The number of oxazole rings is 1. The van der Waals surface area contributed by atoms with Gasteiger partial charge in [0, 0.05) is 25.4 Å². The van der Waals surface area contributed by atoms with Crippen LogP contribution >= 0.6 is 0 Å². The Labute approximate surface area is 135 Å². The summed E-state index contributed by atoms with van der Waals surface area (Å²) in [5, 5.41) is 0. The standard InChI is InChI=1S/C18H21NO4/c1-3-21-14-10-15(18(14)8-5-9-18)23-17(20)12-6-4-7-13-16(12)19-11(2)22-13/h4,6-7,14-15H,3,5,8-10H2,1-2H3. The average molecular weight is 315 g/mol. The lowest BCUT2D eigenvalue weighted by Gasteiger charge is -2.59. The van der Waals surface area contributed by atoms with Gasteiger partial charge in [-0.25, -0.2) is 9.78 Å². The van der Waals surface area contributed by atoms with Gasteiger partial charge in [-0.05, 0) is 31.9 Å². The maximum Gasteiger partial charge on any atom is 0.340 e. The lowest BCUT2D eigenvalue weighted by molar-refractivity contribution is -0.224. The zero-order chi connectivity index (χ0) is 16.0. The van der Waals surface area contributed by atoms with Crippen molar-refractivity contribution in [2.24, 2.45) is 5.41 Å². The molecule has 1 aromatic heterocycles. The van der Waals surface area contributed by atoms with Crippen molar-refractivity contribution in [3.63, 3.8) is 0 Å². The molecule has 0 aliphatic heterocycles. The van der Waals surface area contributed by atoms with Crippen molar-refractivity contribution in [3.05, 3.63) is 29.7 Å². The molecule has 0 bridgehead atoms. The Kier molecular flexibility index (Phi) is 3.41. The summed E-state index contributed by atoms with van der Waals surface area (Å²) in [6.07, 6.45) is 4.36. The number of hydrogen-bond acceptors (Lipinski definition) is 5. The Morgan fingerprint density at radius 2 is 2.22 bits per heavy atom. The van der Waals surface area contributed by atoms with Gasteiger partial charge in [0.05, 0.1) is 11.7 Å². The Morgan fingerprint density at radius 1 is 1.39 bits per heavy atom. The first kappa shape index (κ1) is 14.7. The second-order valence-corrected chi connectivity index (χ2v) is 6.55. The molecule has 4 rings (SSSR count). The maximum absolute atomic E-state index is 12.6. The summed E-state index contributed by atoms with van der Waals surface area (Å²) >= 11 is 0. The van der Waals surface area contributed by atoms with Crippen LogP contribution < -0.4 is 0 Å². The molecule has 1 aromatic carbocycles. The molecule has 2 saturated carbocycles. The lowest BCUT2D eigenvalue weighted by atomic mass is 9.52. The molecule has 1 heterocycles. The van der Waals surface area contributed by atoms with E-state index in [9.17, 15) is 4.79 Å². The van der Waals surface area contributed by atoms with E-state index in [0.29, 0.717) is 29.2 Å². The molecule has 5 nitrogen and oxygen atoms in total. The number of esters is 1. The third-order valence-electron chi connectivity index (χ3n) is 5.36. The first-order valence-electron chi connectivity index (χ1n) is 8.33.